The van der Waals surface area contributed by atoms with Gasteiger partial charge in [-0.15, -0.1) is 0 Å². The molecule has 80 valence electrons. The number of benzene rings is 1. The molecule has 2 rings (SSSR count). The Morgan fingerprint density at radius 1 is 1.47 bits per heavy atom. The molecule has 1 aromatic carbocycles. The molecular formula is C11H13NO3. The molecular weight excluding hydrogens is 194 g/mol. The Morgan fingerprint density at radius 3 is 2.93 bits per heavy atom. The fraction of sp³-hybridized carbons (Fsp3) is 0.364. The number of carbonyl (C=O) groups is 1. The normalized spacial score (nSPS) is 17.6. The number of para-hydroxylation sites is 1. The maximum Gasteiger partial charge on any atom is 0.258 e. The van der Waals surface area contributed by atoms with Gasteiger partial charge in [0.1, 0.15) is 0 Å². The number of hydrogen-bond donors (Lipinski definition) is 1. The Hall–Kier alpha value is -1.71. The van der Waals surface area contributed by atoms with E-state index in [9.17, 15) is 4.79 Å². The van der Waals surface area contributed by atoms with Gasteiger partial charge in [-0.05, 0) is 18.6 Å². The van der Waals surface area contributed by atoms with Crippen molar-refractivity contribution in [2.24, 2.45) is 0 Å². The van der Waals surface area contributed by atoms with Gasteiger partial charge < -0.3 is 14.8 Å². The summed E-state index contributed by atoms with van der Waals surface area (Å²) in [6.45, 7) is 3.79. The van der Waals surface area contributed by atoms with Crippen LogP contribution in [-0.2, 0) is 4.79 Å². The molecule has 0 aromatic heterocycles. The zero-order valence-electron chi connectivity index (χ0n) is 8.74. The van der Waals surface area contributed by atoms with Crippen LogP contribution in [0.15, 0.2) is 18.2 Å². The van der Waals surface area contributed by atoms with Crippen LogP contribution in [0, 0.1) is 6.92 Å². The molecule has 15 heavy (non-hydrogen) atoms. The topological polar surface area (TPSA) is 47.6 Å². The van der Waals surface area contributed by atoms with Crippen LogP contribution in [0.3, 0.4) is 0 Å². The molecule has 1 atom stereocenters. The standard InChI is InChI=1S/C11H13NO3/c1-7-4-3-5-9-11(7)15-10(14-9)6-12-8(2)13/h3-5,10H,6H2,1-2H3,(H,12,13). The highest BCUT2D eigenvalue weighted by Gasteiger charge is 2.25. The zero-order chi connectivity index (χ0) is 10.8. The summed E-state index contributed by atoms with van der Waals surface area (Å²) in [4.78, 5) is 10.7. The van der Waals surface area contributed by atoms with E-state index in [0.29, 0.717) is 6.54 Å². The van der Waals surface area contributed by atoms with Gasteiger partial charge in [0, 0.05) is 6.92 Å². The first kappa shape index (κ1) is 9.83. The molecule has 1 aliphatic heterocycles. The van der Waals surface area contributed by atoms with E-state index in [0.717, 1.165) is 17.1 Å². The minimum atomic E-state index is -0.412. The van der Waals surface area contributed by atoms with Gasteiger partial charge in [0.15, 0.2) is 11.5 Å². The number of carbonyl (C=O) groups excluding carboxylic acids is 1. The van der Waals surface area contributed by atoms with Crippen molar-refractivity contribution in [2.75, 3.05) is 6.54 Å². The average Bonchev–Trinajstić information content (AvgIpc) is 2.59. The SMILES string of the molecule is CC(=O)NCC1Oc2cccc(C)c2O1. The summed E-state index contributed by atoms with van der Waals surface area (Å²) >= 11 is 0. The molecule has 0 saturated carbocycles. The van der Waals surface area contributed by atoms with Crippen molar-refractivity contribution in [2.45, 2.75) is 20.1 Å². The van der Waals surface area contributed by atoms with E-state index in [2.05, 4.69) is 5.32 Å². The molecule has 0 bridgehead atoms. The molecule has 1 amide bonds. The molecule has 0 aliphatic carbocycles. The minimum absolute atomic E-state index is 0.0881. The molecule has 1 N–H and O–H groups in total. The van der Waals surface area contributed by atoms with Crippen LogP contribution >= 0.6 is 0 Å². The van der Waals surface area contributed by atoms with Crippen molar-refractivity contribution in [1.82, 2.24) is 5.32 Å². The summed E-state index contributed by atoms with van der Waals surface area (Å²) in [7, 11) is 0. The third-order valence-electron chi connectivity index (χ3n) is 2.20. The van der Waals surface area contributed by atoms with Crippen LogP contribution in [0.4, 0.5) is 0 Å². The smallest absolute Gasteiger partial charge is 0.258 e. The summed E-state index contributed by atoms with van der Waals surface area (Å²) in [5.41, 5.74) is 1.04. The quantitative estimate of drug-likeness (QED) is 0.793. The predicted octanol–water partition coefficient (Wildman–Crippen LogP) is 1.23. The van der Waals surface area contributed by atoms with Gasteiger partial charge in [-0.1, -0.05) is 12.1 Å². The van der Waals surface area contributed by atoms with E-state index in [-0.39, 0.29) is 5.91 Å². The lowest BCUT2D eigenvalue weighted by Crippen LogP contribution is -2.35. The first-order chi connectivity index (χ1) is 7.16. The van der Waals surface area contributed by atoms with Crippen LogP contribution in [-0.4, -0.2) is 18.7 Å². The lowest BCUT2D eigenvalue weighted by atomic mass is 10.2. The summed E-state index contributed by atoms with van der Waals surface area (Å²) in [5.74, 6) is 1.42. The van der Waals surface area contributed by atoms with Gasteiger partial charge in [-0.2, -0.15) is 0 Å². The largest absolute Gasteiger partial charge is 0.449 e. The van der Waals surface area contributed by atoms with Crippen LogP contribution in [0.2, 0.25) is 0 Å². The Balaban J connectivity index is 2.03. The predicted molar refractivity (Wildman–Crippen MR) is 54.9 cm³/mol. The highest BCUT2D eigenvalue weighted by atomic mass is 16.7. The van der Waals surface area contributed by atoms with E-state index < -0.39 is 6.29 Å². The molecule has 1 aliphatic rings. The third kappa shape index (κ3) is 2.03. The highest BCUT2D eigenvalue weighted by molar-refractivity contribution is 5.72. The van der Waals surface area contributed by atoms with E-state index in [1.54, 1.807) is 0 Å². The molecule has 1 heterocycles. The van der Waals surface area contributed by atoms with Crippen molar-refractivity contribution < 1.29 is 14.3 Å². The van der Waals surface area contributed by atoms with Crippen molar-refractivity contribution >= 4 is 5.91 Å². The summed E-state index contributed by atoms with van der Waals surface area (Å²) < 4.78 is 11.1. The monoisotopic (exact) mass is 207 g/mol. The van der Waals surface area contributed by atoms with Crippen molar-refractivity contribution in [3.63, 3.8) is 0 Å². The summed E-state index contributed by atoms with van der Waals surface area (Å²) in [5, 5.41) is 2.65. The van der Waals surface area contributed by atoms with Gasteiger partial charge in [0.25, 0.3) is 6.29 Å². The van der Waals surface area contributed by atoms with Crippen molar-refractivity contribution in [3.8, 4) is 11.5 Å². The number of nitrogens with one attached hydrogen (secondary N) is 1. The molecule has 0 radical (unpaired) electrons. The molecule has 1 aromatic rings. The Bertz CT molecular complexity index is 389. The fourth-order valence-corrected chi connectivity index (χ4v) is 1.48. The number of hydrogen-bond acceptors (Lipinski definition) is 3. The number of fused-ring (bicyclic) bond motifs is 1. The zero-order valence-corrected chi connectivity index (χ0v) is 8.74. The van der Waals surface area contributed by atoms with Crippen LogP contribution in [0.1, 0.15) is 12.5 Å². The van der Waals surface area contributed by atoms with Crippen LogP contribution in [0.25, 0.3) is 0 Å². The maximum atomic E-state index is 10.7. The van der Waals surface area contributed by atoms with E-state index in [1.807, 2.05) is 25.1 Å². The first-order valence-electron chi connectivity index (χ1n) is 4.84. The number of amides is 1. The molecule has 4 nitrogen and oxygen atoms in total. The van der Waals surface area contributed by atoms with Crippen LogP contribution in [0.5, 0.6) is 11.5 Å². The summed E-state index contributed by atoms with van der Waals surface area (Å²) in [6, 6.07) is 5.73. The van der Waals surface area contributed by atoms with E-state index in [4.69, 9.17) is 9.47 Å². The van der Waals surface area contributed by atoms with Gasteiger partial charge in [0.05, 0.1) is 6.54 Å². The van der Waals surface area contributed by atoms with Gasteiger partial charge in [0.2, 0.25) is 5.91 Å². The molecule has 0 spiro atoms. The second-order valence-corrected chi connectivity index (χ2v) is 3.50. The molecule has 0 saturated heterocycles. The Kier molecular flexibility index (Phi) is 2.49. The van der Waals surface area contributed by atoms with Crippen LogP contribution < -0.4 is 14.8 Å². The lowest BCUT2D eigenvalue weighted by molar-refractivity contribution is -0.120. The molecule has 4 heteroatoms. The summed E-state index contributed by atoms with van der Waals surface area (Å²) in [6.07, 6.45) is -0.412. The molecule has 1 unspecified atom stereocenters. The average molecular weight is 207 g/mol. The Morgan fingerprint density at radius 2 is 2.27 bits per heavy atom. The number of aryl methyl sites for hydroxylation is 1. The fourth-order valence-electron chi connectivity index (χ4n) is 1.48. The first-order valence-corrected chi connectivity index (χ1v) is 4.84. The van der Waals surface area contributed by atoms with Gasteiger partial charge >= 0.3 is 0 Å². The number of ether oxygens (including phenoxy) is 2. The molecule has 0 fully saturated rings. The number of rotatable bonds is 2. The van der Waals surface area contributed by atoms with E-state index >= 15 is 0 Å². The highest BCUT2D eigenvalue weighted by Crippen LogP contribution is 2.36. The van der Waals surface area contributed by atoms with Gasteiger partial charge in [-0.25, -0.2) is 0 Å². The second kappa shape index (κ2) is 3.81. The van der Waals surface area contributed by atoms with E-state index in [1.165, 1.54) is 6.92 Å². The lowest BCUT2D eigenvalue weighted by Gasteiger charge is -2.10. The van der Waals surface area contributed by atoms with Crippen molar-refractivity contribution in [3.05, 3.63) is 23.8 Å². The van der Waals surface area contributed by atoms with Crippen molar-refractivity contribution in [1.29, 1.82) is 0 Å². The van der Waals surface area contributed by atoms with Gasteiger partial charge in [-0.3, -0.25) is 4.79 Å². The second-order valence-electron chi connectivity index (χ2n) is 3.50. The maximum absolute atomic E-state index is 10.7. The Labute approximate surface area is 88.2 Å². The third-order valence-corrected chi connectivity index (χ3v) is 2.20. The minimum Gasteiger partial charge on any atom is -0.449 e.